The quantitative estimate of drug-likeness (QED) is 0.347. The Morgan fingerprint density at radius 1 is 1.22 bits per heavy atom. The van der Waals surface area contributed by atoms with E-state index in [1.54, 1.807) is 18.2 Å². The van der Waals surface area contributed by atoms with Crippen LogP contribution in [0.15, 0.2) is 29.2 Å². The molecule has 0 aliphatic heterocycles. The molecule has 1 aromatic rings. The van der Waals surface area contributed by atoms with Crippen molar-refractivity contribution in [2.45, 2.75) is 0 Å². The first-order valence-corrected chi connectivity index (χ1v) is 5.97. The summed E-state index contributed by atoms with van der Waals surface area (Å²) in [5, 5.41) is 0. The normalized spacial score (nSPS) is 14.2. The van der Waals surface area contributed by atoms with E-state index in [0.717, 1.165) is 6.08 Å². The minimum Gasteiger partial charge on any atom is -1.00 e. The van der Waals surface area contributed by atoms with Crippen LogP contribution in [-0.2, 0) is 10.1 Å². The van der Waals surface area contributed by atoms with Gasteiger partial charge in [-0.15, -0.1) is 0 Å². The van der Waals surface area contributed by atoms with Crippen molar-refractivity contribution in [1.82, 2.24) is 0 Å². The molecule has 18 heavy (non-hydrogen) atoms. The van der Waals surface area contributed by atoms with Crippen molar-refractivity contribution in [3.63, 3.8) is 0 Å². The number of carbonyl (C=O) groups is 1. The van der Waals surface area contributed by atoms with Crippen molar-refractivity contribution >= 4 is 27.7 Å². The number of fused-ring (bicyclic) bond motifs is 1. The Morgan fingerprint density at radius 2 is 1.83 bits per heavy atom. The Kier molecular flexibility index (Phi) is 3.83. The molecule has 1 aliphatic rings. The van der Waals surface area contributed by atoms with Gasteiger partial charge in [-0.05, 0) is 11.6 Å². The zero-order valence-electron chi connectivity index (χ0n) is 8.79. The van der Waals surface area contributed by atoms with Crippen molar-refractivity contribution in [3.05, 3.63) is 40.3 Å². The van der Waals surface area contributed by atoms with Gasteiger partial charge >= 0.3 is 15.8 Å². The maximum absolute atomic E-state index is 11.8. The van der Waals surface area contributed by atoms with Crippen molar-refractivity contribution < 1.29 is 35.0 Å². The molecule has 0 saturated heterocycles. The summed E-state index contributed by atoms with van der Waals surface area (Å²) in [6.45, 7) is 0. The summed E-state index contributed by atoms with van der Waals surface area (Å²) < 4.78 is 31.1. The van der Waals surface area contributed by atoms with Gasteiger partial charge in [0.05, 0.1) is 10.3 Å². The summed E-state index contributed by atoms with van der Waals surface area (Å²) >= 11 is 0. The number of benzene rings is 1. The fourth-order valence-electron chi connectivity index (χ4n) is 1.58. The van der Waals surface area contributed by atoms with Crippen molar-refractivity contribution in [3.8, 4) is 0 Å². The van der Waals surface area contributed by atoms with Gasteiger partial charge in [0.15, 0.2) is 4.91 Å². The molecular formula is C10H7ClN2O4S. The molecule has 8 heteroatoms. The number of hydrogen-bond acceptors (Lipinski definition) is 4. The molecule has 2 rings (SSSR count). The van der Waals surface area contributed by atoms with Crippen LogP contribution >= 0.6 is 0 Å². The first-order valence-electron chi connectivity index (χ1n) is 4.53. The van der Waals surface area contributed by atoms with E-state index in [1.807, 2.05) is 0 Å². The van der Waals surface area contributed by atoms with Crippen LogP contribution in [0.5, 0.6) is 0 Å². The zero-order valence-corrected chi connectivity index (χ0v) is 10.4. The molecule has 94 valence electrons. The highest BCUT2D eigenvalue weighted by molar-refractivity contribution is 7.91. The Balaban J connectivity index is 0.00000162. The van der Waals surface area contributed by atoms with E-state index in [9.17, 15) is 13.2 Å². The molecule has 0 heterocycles. The van der Waals surface area contributed by atoms with Gasteiger partial charge in [0.1, 0.15) is 0 Å². The zero-order chi connectivity index (χ0) is 12.6. The molecule has 0 spiro atoms. The minimum absolute atomic E-state index is 0. The smallest absolute Gasteiger partial charge is 0.432 e. The van der Waals surface area contributed by atoms with Crippen LogP contribution < -0.4 is 12.4 Å². The topological polar surface area (TPSA) is 109 Å². The lowest BCUT2D eigenvalue weighted by Crippen LogP contribution is -3.00. The number of ketones is 1. The summed E-state index contributed by atoms with van der Waals surface area (Å²) in [7, 11) is -4.57. The fraction of sp³-hybridized carbons (Fsp3) is 0. The van der Waals surface area contributed by atoms with Crippen LogP contribution in [0, 0.1) is 5.53 Å². The summed E-state index contributed by atoms with van der Waals surface area (Å²) in [4.78, 5) is 14.1. The van der Waals surface area contributed by atoms with E-state index in [-0.39, 0.29) is 18.0 Å². The maximum Gasteiger partial charge on any atom is 0.432 e. The second-order valence-corrected chi connectivity index (χ2v) is 4.75. The Hall–Kier alpha value is -1.79. The lowest BCUT2D eigenvalue weighted by molar-refractivity contribution is -0.117. The summed E-state index contributed by atoms with van der Waals surface area (Å²) in [6, 6.07) is 6.29. The monoisotopic (exact) mass is 286 g/mol. The second-order valence-electron chi connectivity index (χ2n) is 3.36. The Bertz CT molecular complexity index is 702. The van der Waals surface area contributed by atoms with Crippen LogP contribution in [0.2, 0.25) is 0 Å². The third kappa shape index (κ3) is 2.25. The number of nitrogens with one attached hydrogen (secondary N) is 1. The van der Waals surface area contributed by atoms with Gasteiger partial charge < -0.3 is 12.4 Å². The van der Waals surface area contributed by atoms with E-state index in [2.05, 4.69) is 4.79 Å². The molecule has 0 amide bonds. The van der Waals surface area contributed by atoms with Gasteiger partial charge in [-0.2, -0.15) is 8.42 Å². The highest BCUT2D eigenvalue weighted by Gasteiger charge is 2.40. The van der Waals surface area contributed by atoms with Crippen LogP contribution in [-0.4, -0.2) is 29.3 Å². The van der Waals surface area contributed by atoms with Crippen LogP contribution in [0.4, 0.5) is 0 Å². The molecule has 0 atom stereocenters. The average Bonchev–Trinajstić information content (AvgIpc) is 2.28. The molecular weight excluding hydrogens is 280 g/mol. The third-order valence-corrected chi connectivity index (χ3v) is 3.20. The van der Waals surface area contributed by atoms with Gasteiger partial charge in [-0.3, -0.25) is 9.35 Å². The van der Waals surface area contributed by atoms with Gasteiger partial charge in [-0.25, -0.2) is 0 Å². The Labute approximate surface area is 109 Å². The van der Waals surface area contributed by atoms with Crippen LogP contribution in [0.25, 0.3) is 6.08 Å². The molecule has 1 aromatic carbocycles. The number of allylic oxidation sites excluding steroid dienone is 1. The Morgan fingerprint density at radius 3 is 2.39 bits per heavy atom. The maximum atomic E-state index is 11.8. The predicted molar refractivity (Wildman–Crippen MR) is 58.3 cm³/mol. The van der Waals surface area contributed by atoms with Crippen molar-refractivity contribution in [2.75, 3.05) is 0 Å². The van der Waals surface area contributed by atoms with Crippen molar-refractivity contribution in [1.29, 1.82) is 5.53 Å². The SMILES string of the molecule is N=[N+]=C1C(=O)c2ccccc2C=C1S(=O)(=O)O.[Cl-]. The third-order valence-electron chi connectivity index (χ3n) is 2.33. The lowest BCUT2D eigenvalue weighted by Gasteiger charge is -2.08. The van der Waals surface area contributed by atoms with Crippen molar-refractivity contribution in [2.24, 2.45) is 0 Å². The minimum atomic E-state index is -4.57. The predicted octanol–water partition coefficient (Wildman–Crippen LogP) is -2.20. The molecule has 0 bridgehead atoms. The van der Waals surface area contributed by atoms with Gasteiger partial charge in [0.2, 0.25) is 0 Å². The molecule has 0 unspecified atom stereocenters. The van der Waals surface area contributed by atoms with E-state index < -0.39 is 26.5 Å². The van der Waals surface area contributed by atoms with Crippen LogP contribution in [0.1, 0.15) is 15.9 Å². The van der Waals surface area contributed by atoms with E-state index in [0.29, 0.717) is 5.56 Å². The number of Topliss-reactive ketones (excluding diaryl/α,β-unsaturated/α-hetero) is 1. The molecule has 1 aliphatic carbocycles. The molecule has 0 radical (unpaired) electrons. The van der Waals surface area contributed by atoms with Gasteiger partial charge in [0, 0.05) is 5.56 Å². The molecule has 0 fully saturated rings. The van der Waals surface area contributed by atoms with E-state index in [4.69, 9.17) is 10.1 Å². The van der Waals surface area contributed by atoms with Gasteiger partial charge in [0.25, 0.3) is 5.78 Å². The van der Waals surface area contributed by atoms with Crippen LogP contribution in [0.3, 0.4) is 0 Å². The first kappa shape index (κ1) is 14.3. The van der Waals surface area contributed by atoms with Gasteiger partial charge in [-0.1, -0.05) is 24.3 Å². The summed E-state index contributed by atoms with van der Waals surface area (Å²) in [5.41, 5.74) is 6.88. The molecule has 2 N–H and O–H groups in total. The highest BCUT2D eigenvalue weighted by atomic mass is 35.5. The molecule has 6 nitrogen and oxygen atoms in total. The number of carbonyl (C=O) groups excluding carboxylic acids is 1. The lowest BCUT2D eigenvalue weighted by atomic mass is 9.95. The molecule has 0 saturated carbocycles. The molecule has 0 aromatic heterocycles. The standard InChI is InChI=1S/C10H6N2O4S.ClH/c11-12-9-8(17(14,15)16)5-6-3-1-2-4-7(6)10(9)13;/h1-5,11H;1H. The number of hydrogen-bond donors (Lipinski definition) is 2. The number of nitrogens with zero attached hydrogens (tertiary/aromatic N) is 1. The van der Waals surface area contributed by atoms with E-state index >= 15 is 0 Å². The fourth-order valence-corrected chi connectivity index (χ4v) is 2.24. The highest BCUT2D eigenvalue weighted by Crippen LogP contribution is 2.23. The summed E-state index contributed by atoms with van der Waals surface area (Å²) in [6.07, 6.45) is 1.12. The second kappa shape index (κ2) is 4.83. The summed E-state index contributed by atoms with van der Waals surface area (Å²) in [5.74, 6) is -0.689. The largest absolute Gasteiger partial charge is 1.00 e. The number of halogens is 1. The average molecular weight is 287 g/mol. The first-order chi connectivity index (χ1) is 7.95. The number of rotatable bonds is 1. The van der Waals surface area contributed by atoms with E-state index in [1.165, 1.54) is 6.07 Å².